The number of para-hydroxylation sites is 1. The SMILES string of the molecule is CC1(C)[C@@H](c2ccccc2)CC(=[N+]2CCC[C@H]2C(=O)[O-])[C@H](ONc2ccccc2)[C@H]1c1ccccc1. The van der Waals surface area contributed by atoms with Crippen LogP contribution in [0.5, 0.6) is 0 Å². The number of nitrogens with one attached hydrogen (secondary N) is 1. The van der Waals surface area contributed by atoms with Gasteiger partial charge in [0.05, 0.1) is 5.69 Å². The molecular weight excluding hydrogens is 448 g/mol. The Hall–Kier alpha value is -3.44. The van der Waals surface area contributed by atoms with E-state index in [0.717, 1.165) is 24.2 Å². The molecule has 1 aliphatic heterocycles. The number of hydrogen-bond donors (Lipinski definition) is 1. The zero-order chi connectivity index (χ0) is 25.1. The van der Waals surface area contributed by atoms with Crippen LogP contribution in [0.2, 0.25) is 0 Å². The van der Waals surface area contributed by atoms with Gasteiger partial charge in [-0.25, -0.2) is 4.58 Å². The number of anilines is 1. The summed E-state index contributed by atoms with van der Waals surface area (Å²) in [7, 11) is 0. The predicted molar refractivity (Wildman–Crippen MR) is 140 cm³/mol. The van der Waals surface area contributed by atoms with E-state index in [1.165, 1.54) is 11.1 Å². The topological polar surface area (TPSA) is 64.4 Å². The Morgan fingerprint density at radius 2 is 1.50 bits per heavy atom. The molecule has 1 saturated heterocycles. The first-order valence-electron chi connectivity index (χ1n) is 12.9. The van der Waals surface area contributed by atoms with Crippen LogP contribution < -0.4 is 10.6 Å². The van der Waals surface area contributed by atoms with Gasteiger partial charge in [0.2, 0.25) is 0 Å². The fourth-order valence-electron chi connectivity index (χ4n) is 6.30. The van der Waals surface area contributed by atoms with Crippen LogP contribution in [0, 0.1) is 5.41 Å². The third-order valence-electron chi connectivity index (χ3n) is 8.08. The van der Waals surface area contributed by atoms with Crippen molar-refractivity contribution in [2.45, 2.75) is 57.1 Å². The number of rotatable bonds is 6. The van der Waals surface area contributed by atoms with Gasteiger partial charge in [-0.1, -0.05) is 92.7 Å². The highest BCUT2D eigenvalue weighted by atomic mass is 16.7. The van der Waals surface area contributed by atoms with Gasteiger partial charge in [-0.3, -0.25) is 10.3 Å². The third kappa shape index (κ3) is 4.68. The minimum atomic E-state index is -1.01. The number of aliphatic carboxylic acids is 1. The molecule has 0 spiro atoms. The molecule has 5 heteroatoms. The molecule has 186 valence electrons. The lowest BCUT2D eigenvalue weighted by atomic mass is 9.56. The first-order valence-corrected chi connectivity index (χ1v) is 12.9. The van der Waals surface area contributed by atoms with Crippen LogP contribution in [0.25, 0.3) is 0 Å². The molecule has 2 aliphatic rings. The molecule has 1 N–H and O–H groups in total. The number of hydrogen-bond acceptors (Lipinski definition) is 4. The molecule has 0 unspecified atom stereocenters. The van der Waals surface area contributed by atoms with Crippen molar-refractivity contribution in [2.75, 3.05) is 12.0 Å². The van der Waals surface area contributed by atoms with Crippen molar-refractivity contribution in [1.29, 1.82) is 0 Å². The molecule has 1 heterocycles. The highest BCUT2D eigenvalue weighted by molar-refractivity contribution is 5.89. The van der Waals surface area contributed by atoms with Crippen molar-refractivity contribution < 1.29 is 19.3 Å². The number of carbonyl (C=O) groups excluding carboxylic acids is 1. The van der Waals surface area contributed by atoms with Crippen molar-refractivity contribution in [1.82, 2.24) is 0 Å². The molecule has 3 aromatic rings. The summed E-state index contributed by atoms with van der Waals surface area (Å²) in [5, 5.41) is 12.1. The highest BCUT2D eigenvalue weighted by Crippen LogP contribution is 2.54. The standard InChI is InChI=1S/C31H34N2O3/c1-31(2)25(22-13-6-3-7-14-22)21-27(33-20-12-19-26(33)30(34)35)29(28(31)23-15-8-4-9-16-23)36-32-24-17-10-5-11-18-24/h3-11,13-18,25-26,28-29,32H,12,19-21H2,1-2H3/t25-,26+,28-,29+/m1/s1. The molecule has 5 rings (SSSR count). The normalized spacial score (nSPS) is 27.5. The molecule has 0 amide bonds. The number of carboxylic acid groups (broad SMARTS) is 1. The van der Waals surface area contributed by atoms with Gasteiger partial charge in [-0.05, 0) is 34.6 Å². The van der Waals surface area contributed by atoms with Crippen molar-refractivity contribution in [3.8, 4) is 0 Å². The van der Waals surface area contributed by atoms with Crippen molar-refractivity contribution >= 4 is 17.4 Å². The molecule has 5 nitrogen and oxygen atoms in total. The second kappa shape index (κ2) is 10.3. The maximum atomic E-state index is 12.1. The van der Waals surface area contributed by atoms with E-state index in [4.69, 9.17) is 4.84 Å². The van der Waals surface area contributed by atoms with Crippen molar-refractivity contribution in [3.05, 3.63) is 102 Å². The molecule has 36 heavy (non-hydrogen) atoms. The van der Waals surface area contributed by atoms with E-state index in [2.05, 4.69) is 72.4 Å². The molecular formula is C31H34N2O3. The van der Waals surface area contributed by atoms with E-state index in [-0.39, 0.29) is 23.4 Å². The summed E-state index contributed by atoms with van der Waals surface area (Å²) in [6.07, 6.45) is 1.81. The van der Waals surface area contributed by atoms with Crippen LogP contribution in [0.1, 0.15) is 56.1 Å². The number of nitrogens with zero attached hydrogens (tertiary/aromatic N) is 1. The van der Waals surface area contributed by atoms with Gasteiger partial charge in [0, 0.05) is 25.2 Å². The Kier molecular flexibility index (Phi) is 6.92. The molecule has 1 saturated carbocycles. The summed E-state index contributed by atoms with van der Waals surface area (Å²) < 4.78 is 2.06. The van der Waals surface area contributed by atoms with Crippen molar-refractivity contribution in [2.24, 2.45) is 5.41 Å². The van der Waals surface area contributed by atoms with E-state index in [9.17, 15) is 9.90 Å². The van der Waals surface area contributed by atoms with E-state index >= 15 is 0 Å². The molecule has 0 aromatic heterocycles. The Morgan fingerprint density at radius 3 is 2.11 bits per heavy atom. The second-order valence-electron chi connectivity index (χ2n) is 10.5. The number of carboxylic acids is 1. The van der Waals surface area contributed by atoms with Gasteiger partial charge in [0.15, 0.2) is 17.9 Å². The Balaban J connectivity index is 1.66. The second-order valence-corrected chi connectivity index (χ2v) is 10.5. The summed E-state index contributed by atoms with van der Waals surface area (Å²) in [4.78, 5) is 18.7. The van der Waals surface area contributed by atoms with Crippen LogP contribution >= 0.6 is 0 Å². The highest BCUT2D eigenvalue weighted by Gasteiger charge is 2.54. The van der Waals surface area contributed by atoms with E-state index < -0.39 is 12.0 Å². The van der Waals surface area contributed by atoms with Gasteiger partial charge in [0.25, 0.3) is 0 Å². The minimum absolute atomic E-state index is 0.00753. The van der Waals surface area contributed by atoms with Crippen LogP contribution in [0.4, 0.5) is 5.69 Å². The lowest BCUT2D eigenvalue weighted by molar-refractivity contribution is -0.547. The lowest BCUT2D eigenvalue weighted by Crippen LogP contribution is -2.53. The smallest absolute Gasteiger partial charge is 0.192 e. The minimum Gasteiger partial charge on any atom is -0.543 e. The maximum absolute atomic E-state index is 12.1. The summed E-state index contributed by atoms with van der Waals surface area (Å²) in [5.41, 5.74) is 7.37. The number of benzene rings is 3. The average Bonchev–Trinajstić information content (AvgIpc) is 3.39. The quantitative estimate of drug-likeness (QED) is 0.406. The summed E-state index contributed by atoms with van der Waals surface area (Å²) >= 11 is 0. The van der Waals surface area contributed by atoms with E-state index in [1.807, 2.05) is 42.5 Å². The zero-order valence-electron chi connectivity index (χ0n) is 21.0. The summed E-state index contributed by atoms with van der Waals surface area (Å²) in [6, 6.07) is 30.3. The van der Waals surface area contributed by atoms with Crippen LogP contribution in [-0.2, 0) is 9.63 Å². The largest absolute Gasteiger partial charge is 0.543 e. The van der Waals surface area contributed by atoms with Crippen molar-refractivity contribution in [3.63, 3.8) is 0 Å². The molecule has 3 aromatic carbocycles. The Morgan fingerprint density at radius 1 is 0.917 bits per heavy atom. The Labute approximate surface area is 213 Å². The van der Waals surface area contributed by atoms with Gasteiger partial charge < -0.3 is 9.90 Å². The molecule has 2 fully saturated rings. The fraction of sp³-hybridized carbons (Fsp3) is 0.355. The fourth-order valence-corrected chi connectivity index (χ4v) is 6.30. The van der Waals surface area contributed by atoms with Gasteiger partial charge in [-0.15, -0.1) is 0 Å². The van der Waals surface area contributed by atoms with E-state index in [0.29, 0.717) is 13.0 Å². The molecule has 0 bridgehead atoms. The van der Waals surface area contributed by atoms with Gasteiger partial charge in [0.1, 0.15) is 12.5 Å². The maximum Gasteiger partial charge on any atom is 0.192 e. The number of carbonyl (C=O) groups is 1. The van der Waals surface area contributed by atoms with Crippen LogP contribution in [0.15, 0.2) is 91.0 Å². The molecule has 1 aliphatic carbocycles. The predicted octanol–water partition coefficient (Wildman–Crippen LogP) is 4.76. The van der Waals surface area contributed by atoms with Gasteiger partial charge >= 0.3 is 0 Å². The average molecular weight is 483 g/mol. The van der Waals surface area contributed by atoms with Gasteiger partial charge in [-0.2, -0.15) is 0 Å². The lowest BCUT2D eigenvalue weighted by Gasteiger charge is -2.48. The summed E-state index contributed by atoms with van der Waals surface area (Å²) in [6.45, 7) is 5.33. The molecule has 0 radical (unpaired) electrons. The first kappa shape index (κ1) is 24.3. The molecule has 4 atom stereocenters. The van der Waals surface area contributed by atoms with Crippen LogP contribution in [0.3, 0.4) is 0 Å². The summed E-state index contributed by atoms with van der Waals surface area (Å²) in [5.74, 6) is -0.822. The monoisotopic (exact) mass is 482 g/mol. The van der Waals surface area contributed by atoms with E-state index in [1.54, 1.807) is 0 Å². The zero-order valence-corrected chi connectivity index (χ0v) is 21.0. The Bertz CT molecular complexity index is 1210. The third-order valence-corrected chi connectivity index (χ3v) is 8.08. The first-order chi connectivity index (χ1) is 17.5. The van der Waals surface area contributed by atoms with Crippen LogP contribution in [-0.4, -0.2) is 34.9 Å².